The van der Waals surface area contributed by atoms with Crippen LogP contribution in [0.3, 0.4) is 0 Å². The maximum Gasteiger partial charge on any atom is 0.350 e. The number of ether oxygens (including phenoxy) is 1. The normalized spacial score (nSPS) is 10.8. The second-order valence-electron chi connectivity index (χ2n) is 6.83. The maximum atomic E-state index is 13.3. The molecule has 4 aromatic rings. The summed E-state index contributed by atoms with van der Waals surface area (Å²) in [7, 11) is 0. The molecule has 0 atom stereocenters. The number of nitrogens with zero attached hydrogens (tertiary/aromatic N) is 4. The number of H-pyrrole nitrogens is 1. The van der Waals surface area contributed by atoms with Gasteiger partial charge in [0.15, 0.2) is 11.0 Å². The van der Waals surface area contributed by atoms with Crippen molar-refractivity contribution in [2.45, 2.75) is 25.5 Å². The minimum absolute atomic E-state index is 0.127. The van der Waals surface area contributed by atoms with Gasteiger partial charge in [-0.1, -0.05) is 59.5 Å². The average Bonchev–Trinajstić information content (AvgIpc) is 3.57. The number of esters is 1. The van der Waals surface area contributed by atoms with Crippen LogP contribution in [0, 0.1) is 6.92 Å². The molecule has 1 N–H and O–H groups in total. The minimum atomic E-state index is -0.429. The monoisotopic (exact) mass is 499 g/mol. The summed E-state index contributed by atoms with van der Waals surface area (Å²) in [4.78, 5) is 37.5. The van der Waals surface area contributed by atoms with E-state index in [9.17, 15) is 9.59 Å². The third-order valence-corrected chi connectivity index (χ3v) is 7.37. The molecule has 0 saturated heterocycles. The third kappa shape index (κ3) is 5.67. The third-order valence-electron chi connectivity index (χ3n) is 4.51. The van der Waals surface area contributed by atoms with E-state index in [2.05, 4.69) is 20.2 Å². The van der Waals surface area contributed by atoms with Gasteiger partial charge in [-0.2, -0.15) is 0 Å². The highest BCUT2D eigenvalue weighted by Gasteiger charge is 2.24. The smallest absolute Gasteiger partial charge is 0.350 e. The largest absolute Gasteiger partial charge is 0.462 e. The fraction of sp³-hybridized carbons (Fsp3) is 0.227. The number of carbonyl (C=O) groups excluding carboxylic acids is 2. The van der Waals surface area contributed by atoms with Crippen LogP contribution in [-0.2, 0) is 16.1 Å². The lowest BCUT2D eigenvalue weighted by Gasteiger charge is -2.19. The highest BCUT2D eigenvalue weighted by atomic mass is 32.2. The number of aromatic amines is 1. The van der Waals surface area contributed by atoms with Crippen molar-refractivity contribution in [1.82, 2.24) is 20.2 Å². The van der Waals surface area contributed by atoms with E-state index < -0.39 is 5.97 Å². The lowest BCUT2D eigenvalue weighted by Crippen LogP contribution is -2.31. The number of benzene rings is 1. The number of carbonyl (C=O) groups is 2. The van der Waals surface area contributed by atoms with Crippen LogP contribution in [0.2, 0.25) is 0 Å². The first-order chi connectivity index (χ1) is 16.0. The molecular weight excluding hydrogens is 478 g/mol. The Hall–Kier alpha value is -3.02. The van der Waals surface area contributed by atoms with Gasteiger partial charge < -0.3 is 4.74 Å². The molecule has 0 aliphatic rings. The standard InChI is InChI=1S/C22H21N5O3S3/c1-3-30-20(29)18-14(2)23-22(33-18)27(12-15-8-5-4-6-9-15)17(28)13-32-21-24-19(25-26-21)16-10-7-11-31-16/h4-11H,3,12-13H2,1-2H3,(H,24,25,26). The van der Waals surface area contributed by atoms with E-state index in [1.54, 1.807) is 30.1 Å². The summed E-state index contributed by atoms with van der Waals surface area (Å²) in [6.45, 7) is 4.11. The predicted molar refractivity (Wildman–Crippen MR) is 131 cm³/mol. The number of thiophene rings is 1. The van der Waals surface area contributed by atoms with Crippen molar-refractivity contribution in [3.63, 3.8) is 0 Å². The second-order valence-corrected chi connectivity index (χ2v) is 9.70. The van der Waals surface area contributed by atoms with Gasteiger partial charge in [0.25, 0.3) is 0 Å². The Balaban J connectivity index is 1.52. The molecule has 0 radical (unpaired) electrons. The van der Waals surface area contributed by atoms with E-state index in [-0.39, 0.29) is 18.3 Å². The van der Waals surface area contributed by atoms with Gasteiger partial charge in [0, 0.05) is 0 Å². The molecule has 0 saturated carbocycles. The summed E-state index contributed by atoms with van der Waals surface area (Å²) < 4.78 is 5.12. The Morgan fingerprint density at radius 2 is 1.97 bits per heavy atom. The SMILES string of the molecule is CCOC(=O)c1sc(N(Cc2ccccc2)C(=O)CSc2n[nH]c(-c3cccs3)n2)nc1C. The van der Waals surface area contributed by atoms with Crippen molar-refractivity contribution in [2.24, 2.45) is 0 Å². The van der Waals surface area contributed by atoms with Crippen molar-refractivity contribution in [3.8, 4) is 10.7 Å². The lowest BCUT2D eigenvalue weighted by atomic mass is 10.2. The minimum Gasteiger partial charge on any atom is -0.462 e. The van der Waals surface area contributed by atoms with Gasteiger partial charge >= 0.3 is 5.97 Å². The van der Waals surface area contributed by atoms with Crippen molar-refractivity contribution in [3.05, 3.63) is 64.0 Å². The van der Waals surface area contributed by atoms with E-state index in [1.807, 2.05) is 47.8 Å². The number of rotatable bonds is 9. The van der Waals surface area contributed by atoms with E-state index >= 15 is 0 Å². The molecule has 0 aliphatic carbocycles. The van der Waals surface area contributed by atoms with Gasteiger partial charge in [-0.25, -0.2) is 14.8 Å². The summed E-state index contributed by atoms with van der Waals surface area (Å²) in [6.07, 6.45) is 0. The molecule has 1 amide bonds. The van der Waals surface area contributed by atoms with Crippen LogP contribution in [-0.4, -0.2) is 44.4 Å². The molecule has 3 heterocycles. The van der Waals surface area contributed by atoms with Gasteiger partial charge in [0.2, 0.25) is 11.1 Å². The molecule has 170 valence electrons. The topological polar surface area (TPSA) is 101 Å². The summed E-state index contributed by atoms with van der Waals surface area (Å²) >= 11 is 3.98. The van der Waals surface area contributed by atoms with Crippen molar-refractivity contribution < 1.29 is 14.3 Å². The summed E-state index contributed by atoms with van der Waals surface area (Å²) in [5.74, 6) is 0.218. The van der Waals surface area contributed by atoms with Crippen molar-refractivity contribution >= 4 is 51.4 Å². The molecule has 8 nitrogen and oxygen atoms in total. The quantitative estimate of drug-likeness (QED) is 0.261. The van der Waals surface area contributed by atoms with Crippen LogP contribution in [0.4, 0.5) is 5.13 Å². The molecule has 33 heavy (non-hydrogen) atoms. The number of thiazole rings is 1. The molecule has 11 heteroatoms. The summed E-state index contributed by atoms with van der Waals surface area (Å²) in [5, 5.41) is 10.0. The van der Waals surface area contributed by atoms with E-state index in [4.69, 9.17) is 4.74 Å². The Kier molecular flexibility index (Phi) is 7.53. The molecule has 1 aromatic carbocycles. The highest BCUT2D eigenvalue weighted by Crippen LogP contribution is 2.29. The Morgan fingerprint density at radius 3 is 2.70 bits per heavy atom. The van der Waals surface area contributed by atoms with Gasteiger partial charge in [-0.3, -0.25) is 14.8 Å². The first-order valence-electron chi connectivity index (χ1n) is 10.1. The maximum absolute atomic E-state index is 13.3. The second kappa shape index (κ2) is 10.7. The fourth-order valence-electron chi connectivity index (χ4n) is 2.95. The Morgan fingerprint density at radius 1 is 1.15 bits per heavy atom. The molecule has 0 unspecified atom stereocenters. The zero-order valence-corrected chi connectivity index (χ0v) is 20.4. The molecule has 4 rings (SSSR count). The van der Waals surface area contributed by atoms with Crippen molar-refractivity contribution in [2.75, 3.05) is 17.3 Å². The zero-order chi connectivity index (χ0) is 23.2. The van der Waals surface area contributed by atoms with E-state index in [0.29, 0.717) is 33.2 Å². The van der Waals surface area contributed by atoms with Crippen LogP contribution < -0.4 is 4.90 Å². The predicted octanol–water partition coefficient (Wildman–Crippen LogP) is 4.80. The summed E-state index contributed by atoms with van der Waals surface area (Å²) in [5.41, 5.74) is 1.50. The number of aryl methyl sites for hydroxylation is 1. The van der Waals surface area contributed by atoms with Crippen LogP contribution in [0.25, 0.3) is 10.7 Å². The molecule has 3 aromatic heterocycles. The lowest BCUT2D eigenvalue weighted by molar-refractivity contribution is -0.116. The molecule has 0 fully saturated rings. The van der Waals surface area contributed by atoms with Crippen LogP contribution in [0.15, 0.2) is 53.0 Å². The number of hydrogen-bond donors (Lipinski definition) is 1. The van der Waals surface area contributed by atoms with Crippen LogP contribution >= 0.6 is 34.4 Å². The number of amides is 1. The molecule has 0 bridgehead atoms. The number of thioether (sulfide) groups is 1. The van der Waals surface area contributed by atoms with Crippen LogP contribution in [0.5, 0.6) is 0 Å². The number of aromatic nitrogens is 4. The molecule has 0 spiro atoms. The molecule has 0 aliphatic heterocycles. The highest BCUT2D eigenvalue weighted by molar-refractivity contribution is 7.99. The summed E-state index contributed by atoms with van der Waals surface area (Å²) in [6, 6.07) is 13.6. The van der Waals surface area contributed by atoms with Crippen LogP contribution in [0.1, 0.15) is 27.9 Å². The number of anilines is 1. The first kappa shape index (κ1) is 23.1. The number of hydrogen-bond acceptors (Lipinski definition) is 9. The van der Waals surface area contributed by atoms with Gasteiger partial charge in [0.05, 0.1) is 29.5 Å². The Bertz CT molecular complexity index is 1220. The molecular formula is C22H21N5O3S3. The fourth-order valence-corrected chi connectivity index (χ4v) is 5.27. The average molecular weight is 500 g/mol. The van der Waals surface area contributed by atoms with Crippen molar-refractivity contribution in [1.29, 1.82) is 0 Å². The van der Waals surface area contributed by atoms with Gasteiger partial charge in [-0.05, 0) is 30.9 Å². The van der Waals surface area contributed by atoms with E-state index in [0.717, 1.165) is 21.8 Å². The first-order valence-corrected chi connectivity index (χ1v) is 12.8. The van der Waals surface area contributed by atoms with E-state index in [1.165, 1.54) is 11.8 Å². The number of nitrogens with one attached hydrogen (secondary N) is 1. The van der Waals surface area contributed by atoms with Gasteiger partial charge in [0.1, 0.15) is 4.88 Å². The zero-order valence-electron chi connectivity index (χ0n) is 18.0. The van der Waals surface area contributed by atoms with Gasteiger partial charge in [-0.15, -0.1) is 16.4 Å². The Labute approximate surface area is 203 Å².